The van der Waals surface area contributed by atoms with E-state index in [1.807, 2.05) is 16.8 Å². The molecule has 1 fully saturated rings. The fraction of sp³-hybridized carbons (Fsp3) is 0.182. The van der Waals surface area contributed by atoms with E-state index >= 15 is 0 Å². The number of nitrogens with zero attached hydrogens (tertiary/aromatic N) is 6. The number of aromatic nitrogens is 5. The molecule has 4 aromatic heterocycles. The van der Waals surface area contributed by atoms with Gasteiger partial charge >= 0.3 is 0 Å². The molecule has 0 spiro atoms. The van der Waals surface area contributed by atoms with Gasteiger partial charge in [0.2, 0.25) is 0 Å². The van der Waals surface area contributed by atoms with E-state index in [2.05, 4.69) is 61.5 Å². The second-order valence-corrected chi connectivity index (χ2v) is 8.33. The summed E-state index contributed by atoms with van der Waals surface area (Å²) in [7, 11) is 0. The van der Waals surface area contributed by atoms with Gasteiger partial charge in [-0.25, -0.2) is 4.98 Å². The van der Waals surface area contributed by atoms with Crippen molar-refractivity contribution in [2.75, 3.05) is 18.0 Å². The summed E-state index contributed by atoms with van der Waals surface area (Å²) in [5.74, 6) is 1.01. The molecule has 29 heavy (non-hydrogen) atoms. The van der Waals surface area contributed by atoms with Crippen molar-refractivity contribution in [1.29, 1.82) is 0 Å². The van der Waals surface area contributed by atoms with Gasteiger partial charge in [0, 0.05) is 42.5 Å². The van der Waals surface area contributed by atoms with E-state index in [0.717, 1.165) is 51.1 Å². The topological polar surface area (TPSA) is 59.2 Å². The molecule has 0 saturated carbocycles. The second kappa shape index (κ2) is 6.63. The Bertz CT molecular complexity index is 1300. The first-order chi connectivity index (χ1) is 14.4. The van der Waals surface area contributed by atoms with Crippen molar-refractivity contribution in [3.8, 4) is 21.1 Å². The van der Waals surface area contributed by atoms with Crippen LogP contribution in [0.5, 0.6) is 0 Å². The Balaban J connectivity index is 1.45. The van der Waals surface area contributed by atoms with Gasteiger partial charge in [0.25, 0.3) is 0 Å². The molecule has 0 bridgehead atoms. The number of imidazole rings is 1. The molecule has 1 aliphatic heterocycles. The Morgan fingerprint density at radius 3 is 2.59 bits per heavy atom. The summed E-state index contributed by atoms with van der Waals surface area (Å²) < 4.78 is 1.99. The van der Waals surface area contributed by atoms with Crippen molar-refractivity contribution < 1.29 is 0 Å². The zero-order valence-corrected chi connectivity index (χ0v) is 16.5. The summed E-state index contributed by atoms with van der Waals surface area (Å²) in [6.07, 6.45) is 9.93. The maximum absolute atomic E-state index is 4.69. The molecular formula is C22H18N6S. The third kappa shape index (κ3) is 2.77. The van der Waals surface area contributed by atoms with Crippen molar-refractivity contribution in [2.24, 2.45) is 0 Å². The molecular weight excluding hydrogens is 380 g/mol. The monoisotopic (exact) mass is 398 g/mol. The molecule has 6 nitrogen and oxygen atoms in total. The van der Waals surface area contributed by atoms with Crippen molar-refractivity contribution in [3.63, 3.8) is 0 Å². The first kappa shape index (κ1) is 16.6. The smallest absolute Gasteiger partial charge is 0.159 e. The highest BCUT2D eigenvalue weighted by atomic mass is 32.1. The Hall–Kier alpha value is -3.32. The van der Waals surface area contributed by atoms with Crippen LogP contribution in [0.25, 0.3) is 37.6 Å². The number of rotatable bonds is 3. The normalized spacial score (nSPS) is 14.3. The average Bonchev–Trinajstić information content (AvgIpc) is 3.53. The molecule has 0 aliphatic carbocycles. The quantitative estimate of drug-likeness (QED) is 0.442. The fourth-order valence-electron chi connectivity index (χ4n) is 4.00. The van der Waals surface area contributed by atoms with Gasteiger partial charge in [-0.05, 0) is 25.0 Å². The summed E-state index contributed by atoms with van der Waals surface area (Å²) in [5, 5.41) is 11.6. The van der Waals surface area contributed by atoms with E-state index in [0.29, 0.717) is 0 Å². The minimum atomic E-state index is 0.845. The molecule has 0 N–H and O–H groups in total. The lowest BCUT2D eigenvalue weighted by Crippen LogP contribution is -2.19. The SMILES string of the molecule is c1ccc2c(N3CCCC3)nnc(-c3ccc(-c4cn5ccncc5n4)s3)c2c1. The number of thiophene rings is 1. The predicted octanol–water partition coefficient (Wildman–Crippen LogP) is 4.67. The summed E-state index contributed by atoms with van der Waals surface area (Å²) in [4.78, 5) is 13.4. The second-order valence-electron chi connectivity index (χ2n) is 7.24. The van der Waals surface area contributed by atoms with Gasteiger partial charge in [0.1, 0.15) is 5.69 Å². The zero-order valence-electron chi connectivity index (χ0n) is 15.7. The molecule has 5 aromatic rings. The van der Waals surface area contributed by atoms with E-state index in [1.54, 1.807) is 23.7 Å². The molecule has 1 saturated heterocycles. The van der Waals surface area contributed by atoms with Crippen LogP contribution >= 0.6 is 11.3 Å². The number of anilines is 1. The predicted molar refractivity (Wildman–Crippen MR) is 116 cm³/mol. The van der Waals surface area contributed by atoms with E-state index < -0.39 is 0 Å². The molecule has 7 heteroatoms. The molecule has 0 unspecified atom stereocenters. The van der Waals surface area contributed by atoms with Gasteiger partial charge in [0.05, 0.1) is 21.6 Å². The molecule has 0 radical (unpaired) electrons. The molecule has 1 aromatic carbocycles. The Labute approximate surface area is 171 Å². The molecule has 6 rings (SSSR count). The minimum absolute atomic E-state index is 0.845. The zero-order chi connectivity index (χ0) is 19.2. The third-order valence-corrected chi connectivity index (χ3v) is 6.54. The maximum atomic E-state index is 4.69. The van der Waals surface area contributed by atoms with E-state index in [-0.39, 0.29) is 0 Å². The van der Waals surface area contributed by atoms with Gasteiger partial charge in [0.15, 0.2) is 11.5 Å². The fourth-order valence-corrected chi connectivity index (χ4v) is 4.96. The number of hydrogen-bond acceptors (Lipinski definition) is 6. The Kier molecular flexibility index (Phi) is 3.80. The maximum Gasteiger partial charge on any atom is 0.159 e. The highest BCUT2D eigenvalue weighted by Crippen LogP contribution is 2.38. The van der Waals surface area contributed by atoms with Crippen molar-refractivity contribution in [3.05, 3.63) is 61.2 Å². The Morgan fingerprint density at radius 1 is 0.897 bits per heavy atom. The van der Waals surface area contributed by atoms with Gasteiger partial charge in [-0.1, -0.05) is 24.3 Å². The van der Waals surface area contributed by atoms with Crippen LogP contribution in [0, 0.1) is 0 Å². The van der Waals surface area contributed by atoms with Crippen LogP contribution in [0.1, 0.15) is 12.8 Å². The molecule has 1 aliphatic rings. The van der Waals surface area contributed by atoms with Gasteiger partial charge < -0.3 is 9.30 Å². The van der Waals surface area contributed by atoms with Gasteiger partial charge in [-0.15, -0.1) is 21.5 Å². The molecule has 142 valence electrons. The van der Waals surface area contributed by atoms with E-state index in [4.69, 9.17) is 0 Å². The van der Waals surface area contributed by atoms with Crippen molar-refractivity contribution in [1.82, 2.24) is 24.6 Å². The third-order valence-electron chi connectivity index (χ3n) is 5.43. The standard InChI is InChI=1S/C22H18N6S/c1-2-6-16-15(5-1)21(25-26-22(16)27-10-3-4-11-27)19-8-7-18(29-19)17-14-28-12-9-23-13-20(28)24-17/h1-2,5-9,12-14H,3-4,10-11H2. The molecule has 0 atom stereocenters. The van der Waals surface area contributed by atoms with E-state index in [1.165, 1.54) is 18.2 Å². The van der Waals surface area contributed by atoms with Crippen LogP contribution in [0.4, 0.5) is 5.82 Å². The lowest BCUT2D eigenvalue weighted by molar-refractivity contribution is 0.908. The number of benzene rings is 1. The highest BCUT2D eigenvalue weighted by Gasteiger charge is 2.19. The van der Waals surface area contributed by atoms with Crippen LogP contribution in [0.2, 0.25) is 0 Å². The van der Waals surface area contributed by atoms with Crippen LogP contribution in [-0.2, 0) is 0 Å². The van der Waals surface area contributed by atoms with E-state index in [9.17, 15) is 0 Å². The largest absolute Gasteiger partial charge is 0.355 e. The Morgan fingerprint density at radius 2 is 1.72 bits per heavy atom. The molecule has 0 amide bonds. The lowest BCUT2D eigenvalue weighted by Gasteiger charge is -2.18. The summed E-state index contributed by atoms with van der Waals surface area (Å²) in [6, 6.07) is 12.7. The lowest BCUT2D eigenvalue weighted by atomic mass is 10.1. The number of fused-ring (bicyclic) bond motifs is 2. The minimum Gasteiger partial charge on any atom is -0.355 e. The van der Waals surface area contributed by atoms with Crippen LogP contribution < -0.4 is 4.90 Å². The van der Waals surface area contributed by atoms with Crippen molar-refractivity contribution >= 4 is 33.6 Å². The van der Waals surface area contributed by atoms with Gasteiger partial charge in [-0.2, -0.15) is 0 Å². The van der Waals surface area contributed by atoms with Crippen molar-refractivity contribution in [2.45, 2.75) is 12.8 Å². The van der Waals surface area contributed by atoms with Gasteiger partial charge in [-0.3, -0.25) is 4.98 Å². The van der Waals surface area contributed by atoms with Crippen LogP contribution in [-0.4, -0.2) is 37.7 Å². The summed E-state index contributed by atoms with van der Waals surface area (Å²) in [5.41, 5.74) is 2.73. The first-order valence-electron chi connectivity index (χ1n) is 9.76. The van der Waals surface area contributed by atoms with Crippen LogP contribution in [0.3, 0.4) is 0 Å². The highest BCUT2D eigenvalue weighted by molar-refractivity contribution is 7.18. The average molecular weight is 398 g/mol. The number of hydrogen-bond donors (Lipinski definition) is 0. The summed E-state index contributed by atoms with van der Waals surface area (Å²) in [6.45, 7) is 2.12. The van der Waals surface area contributed by atoms with Crippen LogP contribution in [0.15, 0.2) is 61.2 Å². The summed E-state index contributed by atoms with van der Waals surface area (Å²) >= 11 is 1.69. The first-order valence-corrected chi connectivity index (χ1v) is 10.6. The molecule has 5 heterocycles.